The van der Waals surface area contributed by atoms with Crippen molar-refractivity contribution in [2.75, 3.05) is 0 Å². The molecular weight excluding hydrogens is 450 g/mol. The summed E-state index contributed by atoms with van der Waals surface area (Å²) < 4.78 is 32.6. The Morgan fingerprint density at radius 1 is 1.39 bits per heavy atom. The molecule has 4 nitrogen and oxygen atoms in total. The Morgan fingerprint density at radius 2 is 2.07 bits per heavy atom. The summed E-state index contributed by atoms with van der Waals surface area (Å²) in [6, 6.07) is 4.35. The van der Waals surface area contributed by atoms with E-state index in [1.807, 2.05) is 6.92 Å². The molecule has 0 bridgehead atoms. The molecule has 2 aromatic rings. The molecule has 0 N–H and O–H groups in total. The summed E-state index contributed by atoms with van der Waals surface area (Å²) in [5.41, 5.74) is 1.04. The summed E-state index contributed by atoms with van der Waals surface area (Å²) in [5.74, 6) is -0.160. The van der Waals surface area contributed by atoms with Gasteiger partial charge in [0.15, 0.2) is 4.80 Å². The lowest BCUT2D eigenvalue weighted by atomic mass is 9.93. The van der Waals surface area contributed by atoms with Crippen LogP contribution in [0.15, 0.2) is 27.7 Å². The molecule has 1 amide bonds. The van der Waals surface area contributed by atoms with Crippen molar-refractivity contribution in [1.82, 2.24) is 4.57 Å². The number of rotatable bonds is 5. The Kier molecular flexibility index (Phi) is 6.10. The van der Waals surface area contributed by atoms with Gasteiger partial charge in [-0.3, -0.25) is 4.79 Å². The minimum atomic E-state index is -3.01. The molecule has 0 radical (unpaired) electrons. The number of ether oxygens (including phenoxy) is 1. The van der Waals surface area contributed by atoms with E-state index < -0.39 is 12.5 Å². The summed E-state index contributed by atoms with van der Waals surface area (Å²) in [4.78, 5) is 18.9. The molecule has 3 rings (SSSR count). The summed E-state index contributed by atoms with van der Waals surface area (Å²) in [6.07, 6.45) is 2.36. The minimum Gasteiger partial charge on any atom is -0.434 e. The van der Waals surface area contributed by atoms with Crippen LogP contribution in [0.2, 0.25) is 0 Å². The zero-order valence-electron chi connectivity index (χ0n) is 16.3. The highest BCUT2D eigenvalue weighted by molar-refractivity contribution is 9.10. The first-order valence-corrected chi connectivity index (χ1v) is 10.7. The first kappa shape index (κ1) is 21.2. The van der Waals surface area contributed by atoms with E-state index in [-0.39, 0.29) is 16.7 Å². The molecule has 1 fully saturated rings. The molecule has 152 valence electrons. The zero-order chi connectivity index (χ0) is 20.6. The molecular formula is C20H23BrF2N2O2S. The van der Waals surface area contributed by atoms with Crippen molar-refractivity contribution in [3.8, 4) is 5.75 Å². The number of benzene rings is 1. The lowest BCUT2D eigenvalue weighted by Gasteiger charge is -2.17. The molecule has 0 spiro atoms. The van der Waals surface area contributed by atoms with Crippen LogP contribution >= 0.6 is 27.3 Å². The van der Waals surface area contributed by atoms with Gasteiger partial charge in [-0.1, -0.05) is 36.7 Å². The third-order valence-electron chi connectivity index (χ3n) is 4.56. The normalized spacial score (nSPS) is 15.4. The average molecular weight is 473 g/mol. The van der Waals surface area contributed by atoms with E-state index in [2.05, 4.69) is 51.0 Å². The highest BCUT2D eigenvalue weighted by atomic mass is 79.9. The SMILES string of the molecule is Cc1c(C(C)(C)C)s/c(=N\C(=O)c2cc(Br)ccc2OC(F)F)n1CC1CC1. The second-order valence-electron chi connectivity index (χ2n) is 8.04. The number of amides is 1. The quantitative estimate of drug-likeness (QED) is 0.562. The summed E-state index contributed by atoms with van der Waals surface area (Å²) >= 11 is 4.76. The van der Waals surface area contributed by atoms with Crippen molar-refractivity contribution in [3.63, 3.8) is 0 Å². The van der Waals surface area contributed by atoms with Gasteiger partial charge in [0.05, 0.1) is 5.56 Å². The number of hydrogen-bond donors (Lipinski definition) is 0. The third-order valence-corrected chi connectivity index (χ3v) is 6.66. The highest BCUT2D eigenvalue weighted by Gasteiger charge is 2.27. The molecule has 1 saturated carbocycles. The van der Waals surface area contributed by atoms with Crippen molar-refractivity contribution in [2.24, 2.45) is 10.9 Å². The number of nitrogens with zero attached hydrogens (tertiary/aromatic N) is 2. The monoisotopic (exact) mass is 472 g/mol. The first-order chi connectivity index (χ1) is 13.1. The van der Waals surface area contributed by atoms with Crippen LogP contribution in [0.5, 0.6) is 5.75 Å². The average Bonchev–Trinajstić information content (AvgIpc) is 3.34. The van der Waals surface area contributed by atoms with Crippen LogP contribution < -0.4 is 9.54 Å². The molecule has 1 aliphatic carbocycles. The third kappa shape index (κ3) is 4.89. The molecule has 1 aliphatic rings. The molecule has 1 aromatic heterocycles. The Labute approximate surface area is 175 Å². The van der Waals surface area contributed by atoms with Gasteiger partial charge in [-0.25, -0.2) is 0 Å². The van der Waals surface area contributed by atoms with Crippen molar-refractivity contribution in [3.05, 3.63) is 43.6 Å². The molecule has 28 heavy (non-hydrogen) atoms. The number of halogens is 3. The van der Waals surface area contributed by atoms with E-state index in [0.717, 1.165) is 17.1 Å². The van der Waals surface area contributed by atoms with Crippen LogP contribution in [-0.2, 0) is 12.0 Å². The maximum atomic E-state index is 12.9. The molecule has 0 atom stereocenters. The lowest BCUT2D eigenvalue weighted by Crippen LogP contribution is -2.20. The van der Waals surface area contributed by atoms with Gasteiger partial charge in [0.25, 0.3) is 5.91 Å². The Hall–Kier alpha value is -1.54. The predicted octanol–water partition coefficient (Wildman–Crippen LogP) is 5.67. The molecule has 0 saturated heterocycles. The van der Waals surface area contributed by atoms with Gasteiger partial charge < -0.3 is 9.30 Å². The van der Waals surface area contributed by atoms with Gasteiger partial charge in [0.2, 0.25) is 0 Å². The Morgan fingerprint density at radius 3 is 2.64 bits per heavy atom. The van der Waals surface area contributed by atoms with Crippen LogP contribution in [0.4, 0.5) is 8.78 Å². The standard InChI is InChI=1S/C20H23BrF2N2O2S/c1-11-16(20(2,3)4)28-19(25(11)10-12-5-6-12)24-17(26)14-9-13(21)7-8-15(14)27-18(22)23/h7-9,12,18H,5-6,10H2,1-4H3/b24-19-. The number of carbonyl (C=O) groups is 1. The van der Waals surface area contributed by atoms with Gasteiger partial charge in [0.1, 0.15) is 5.75 Å². The van der Waals surface area contributed by atoms with E-state index in [1.165, 1.54) is 36.3 Å². The zero-order valence-corrected chi connectivity index (χ0v) is 18.7. The molecule has 1 heterocycles. The largest absolute Gasteiger partial charge is 0.434 e. The number of carbonyl (C=O) groups excluding carboxylic acids is 1. The molecule has 8 heteroatoms. The van der Waals surface area contributed by atoms with E-state index in [1.54, 1.807) is 6.07 Å². The number of aromatic nitrogens is 1. The maximum absolute atomic E-state index is 12.9. The van der Waals surface area contributed by atoms with Gasteiger partial charge >= 0.3 is 6.61 Å². The Balaban J connectivity index is 2.08. The van der Waals surface area contributed by atoms with Crippen LogP contribution in [0, 0.1) is 12.8 Å². The Bertz CT molecular complexity index is 956. The fourth-order valence-electron chi connectivity index (χ4n) is 3.05. The van der Waals surface area contributed by atoms with Gasteiger partial charge in [-0.05, 0) is 49.3 Å². The topological polar surface area (TPSA) is 43.6 Å². The molecule has 0 aliphatic heterocycles. The van der Waals surface area contributed by atoms with Crippen molar-refractivity contribution in [1.29, 1.82) is 0 Å². The predicted molar refractivity (Wildman–Crippen MR) is 109 cm³/mol. The number of thiazole rings is 1. The second kappa shape index (κ2) is 8.06. The van der Waals surface area contributed by atoms with Crippen LogP contribution in [0.25, 0.3) is 0 Å². The van der Waals surface area contributed by atoms with Crippen LogP contribution in [0.3, 0.4) is 0 Å². The van der Waals surface area contributed by atoms with Gasteiger partial charge in [-0.15, -0.1) is 11.3 Å². The van der Waals surface area contributed by atoms with E-state index in [4.69, 9.17) is 0 Å². The first-order valence-electron chi connectivity index (χ1n) is 9.10. The van der Waals surface area contributed by atoms with Crippen molar-refractivity contribution in [2.45, 2.75) is 59.1 Å². The lowest BCUT2D eigenvalue weighted by molar-refractivity contribution is -0.0501. The summed E-state index contributed by atoms with van der Waals surface area (Å²) in [5, 5.41) is 0. The summed E-state index contributed by atoms with van der Waals surface area (Å²) in [7, 11) is 0. The molecule has 1 aromatic carbocycles. The highest BCUT2D eigenvalue weighted by Crippen LogP contribution is 2.34. The smallest absolute Gasteiger partial charge is 0.387 e. The minimum absolute atomic E-state index is 0.0102. The maximum Gasteiger partial charge on any atom is 0.387 e. The van der Waals surface area contributed by atoms with E-state index >= 15 is 0 Å². The van der Waals surface area contributed by atoms with Crippen LogP contribution in [-0.4, -0.2) is 17.1 Å². The van der Waals surface area contributed by atoms with Gasteiger partial charge in [0, 0.05) is 21.6 Å². The van der Waals surface area contributed by atoms with E-state index in [9.17, 15) is 13.6 Å². The number of alkyl halides is 2. The van der Waals surface area contributed by atoms with E-state index in [0.29, 0.717) is 15.2 Å². The number of hydrogen-bond acceptors (Lipinski definition) is 3. The molecule has 0 unspecified atom stereocenters. The fourth-order valence-corrected chi connectivity index (χ4v) is 4.61. The fraction of sp³-hybridized carbons (Fsp3) is 0.500. The second-order valence-corrected chi connectivity index (χ2v) is 9.93. The van der Waals surface area contributed by atoms with Crippen molar-refractivity contribution >= 4 is 33.2 Å². The summed E-state index contributed by atoms with van der Waals surface area (Å²) in [6.45, 7) is 6.24. The van der Waals surface area contributed by atoms with Gasteiger partial charge in [-0.2, -0.15) is 13.8 Å². The van der Waals surface area contributed by atoms with Crippen molar-refractivity contribution < 1.29 is 18.3 Å². The van der Waals surface area contributed by atoms with Crippen LogP contribution in [0.1, 0.15) is 54.5 Å².